The van der Waals surface area contributed by atoms with Crippen LogP contribution in [0.1, 0.15) is 18.4 Å². The van der Waals surface area contributed by atoms with Crippen LogP contribution in [0.3, 0.4) is 0 Å². The predicted octanol–water partition coefficient (Wildman–Crippen LogP) is 5.59. The Morgan fingerprint density at radius 2 is 2.11 bits per heavy atom. The molecule has 1 aromatic heterocycles. The number of aromatic nitrogens is 1. The summed E-state index contributed by atoms with van der Waals surface area (Å²) in [7, 11) is 0. The highest BCUT2D eigenvalue weighted by Crippen LogP contribution is 2.22. The first-order valence-electron chi connectivity index (χ1n) is 9.07. The number of hydrogen-bond donors (Lipinski definition) is 0. The van der Waals surface area contributed by atoms with Gasteiger partial charge < -0.3 is 4.74 Å². The lowest BCUT2D eigenvalue weighted by Crippen LogP contribution is -2.17. The number of rotatable bonds is 5. The summed E-state index contributed by atoms with van der Waals surface area (Å²) < 4.78 is 8.62. The van der Waals surface area contributed by atoms with Gasteiger partial charge in [-0.05, 0) is 42.7 Å². The summed E-state index contributed by atoms with van der Waals surface area (Å²) in [5, 5.41) is 7.53. The summed E-state index contributed by atoms with van der Waals surface area (Å²) in [6.07, 6.45) is 4.24. The molecule has 1 atom stereocenters. The van der Waals surface area contributed by atoms with Crippen LogP contribution in [0.2, 0.25) is 5.02 Å². The van der Waals surface area contributed by atoms with Crippen LogP contribution in [0.4, 0.5) is 0 Å². The second kappa shape index (κ2) is 9.18. The van der Waals surface area contributed by atoms with Crippen LogP contribution in [0.5, 0.6) is 0 Å². The number of nitrogens with zero attached hydrogens (tertiary/aromatic N) is 3. The van der Waals surface area contributed by atoms with Crippen molar-refractivity contribution >= 4 is 45.1 Å². The first kappa shape index (κ1) is 19.6. The summed E-state index contributed by atoms with van der Waals surface area (Å²) in [6.45, 7) is 1.49. The molecule has 4 rings (SSSR count). The lowest BCUT2D eigenvalue weighted by Gasteiger charge is -2.06. The van der Waals surface area contributed by atoms with Gasteiger partial charge in [-0.3, -0.25) is 4.99 Å². The van der Waals surface area contributed by atoms with Crippen LogP contribution in [-0.4, -0.2) is 30.1 Å². The molecule has 7 heteroatoms. The average Bonchev–Trinajstić information content (AvgIpc) is 3.35. The van der Waals surface area contributed by atoms with Crippen LogP contribution in [0.25, 0.3) is 11.3 Å². The summed E-state index contributed by atoms with van der Waals surface area (Å²) in [5.41, 5.74) is 3.05. The number of hydrogen-bond acceptors (Lipinski definition) is 4. The lowest BCUT2D eigenvalue weighted by molar-refractivity contribution is 0.117. The van der Waals surface area contributed by atoms with Crippen molar-refractivity contribution in [3.05, 3.63) is 73.8 Å². The quantitative estimate of drug-likeness (QED) is 0.442. The highest BCUT2D eigenvalue weighted by molar-refractivity contribution is 9.10. The molecular formula is C21H19BrClN3OS. The molecule has 4 nitrogen and oxygen atoms in total. The highest BCUT2D eigenvalue weighted by atomic mass is 79.9. The van der Waals surface area contributed by atoms with E-state index in [1.165, 1.54) is 0 Å². The fourth-order valence-corrected chi connectivity index (χ4v) is 4.41. The molecule has 0 N–H and O–H groups in total. The SMILES string of the molecule is Clc1ccc(-c2csc(=NCC3CCCO3)n2N=Cc2cccc(Br)c2)cc1. The van der Waals surface area contributed by atoms with E-state index in [0.29, 0.717) is 11.6 Å². The zero-order valence-electron chi connectivity index (χ0n) is 15.1. The topological polar surface area (TPSA) is 38.9 Å². The van der Waals surface area contributed by atoms with Crippen LogP contribution >= 0.6 is 38.9 Å². The smallest absolute Gasteiger partial charge is 0.206 e. The van der Waals surface area contributed by atoms with Gasteiger partial charge in [0.05, 0.1) is 24.6 Å². The molecule has 0 saturated carbocycles. The fourth-order valence-electron chi connectivity index (χ4n) is 3.02. The Morgan fingerprint density at radius 1 is 1.25 bits per heavy atom. The zero-order valence-corrected chi connectivity index (χ0v) is 18.3. The summed E-state index contributed by atoms with van der Waals surface area (Å²) >= 11 is 11.1. The summed E-state index contributed by atoms with van der Waals surface area (Å²) in [6, 6.07) is 15.8. The van der Waals surface area contributed by atoms with E-state index in [-0.39, 0.29) is 6.10 Å². The van der Waals surface area contributed by atoms with Gasteiger partial charge in [-0.25, -0.2) is 4.68 Å². The molecule has 0 spiro atoms. The van der Waals surface area contributed by atoms with E-state index in [1.54, 1.807) is 11.3 Å². The molecule has 2 aromatic carbocycles. The Balaban J connectivity index is 1.71. The van der Waals surface area contributed by atoms with Crippen molar-refractivity contribution in [3.8, 4) is 11.3 Å². The molecule has 0 bridgehead atoms. The number of ether oxygens (including phenoxy) is 1. The van der Waals surface area contributed by atoms with Crippen molar-refractivity contribution < 1.29 is 4.74 Å². The van der Waals surface area contributed by atoms with Gasteiger partial charge in [-0.1, -0.05) is 51.8 Å². The molecule has 0 aliphatic carbocycles. The second-order valence-corrected chi connectivity index (χ2v) is 8.69. The Labute approximate surface area is 181 Å². The Hall–Kier alpha value is -1.73. The lowest BCUT2D eigenvalue weighted by atomic mass is 10.2. The van der Waals surface area contributed by atoms with Crippen LogP contribution in [0.15, 0.2) is 68.5 Å². The van der Waals surface area contributed by atoms with Crippen molar-refractivity contribution in [2.75, 3.05) is 13.2 Å². The van der Waals surface area contributed by atoms with E-state index in [9.17, 15) is 0 Å². The van der Waals surface area contributed by atoms with E-state index in [2.05, 4.69) is 21.3 Å². The highest BCUT2D eigenvalue weighted by Gasteiger charge is 2.15. The summed E-state index contributed by atoms with van der Waals surface area (Å²) in [4.78, 5) is 5.64. The van der Waals surface area contributed by atoms with E-state index >= 15 is 0 Å². The average molecular weight is 477 g/mol. The minimum atomic E-state index is 0.212. The first-order chi connectivity index (χ1) is 13.7. The van der Waals surface area contributed by atoms with Crippen molar-refractivity contribution in [3.63, 3.8) is 0 Å². The molecule has 144 valence electrons. The standard InChI is InChI=1S/C21H19BrClN3OS/c22-17-4-1-3-15(11-17)12-25-26-20(16-6-8-18(23)9-7-16)14-28-21(26)24-13-19-5-2-10-27-19/h1,3-4,6-9,11-12,14,19H,2,5,10,13H2. The minimum Gasteiger partial charge on any atom is -0.376 e. The Kier molecular flexibility index (Phi) is 6.42. The second-order valence-electron chi connectivity index (χ2n) is 6.50. The van der Waals surface area contributed by atoms with E-state index < -0.39 is 0 Å². The molecule has 3 aromatic rings. The van der Waals surface area contributed by atoms with Gasteiger partial charge in [-0.15, -0.1) is 11.3 Å². The number of benzene rings is 2. The number of thiazole rings is 1. The van der Waals surface area contributed by atoms with Crippen LogP contribution in [-0.2, 0) is 4.74 Å². The fraction of sp³-hybridized carbons (Fsp3) is 0.238. The molecule has 0 amide bonds. The normalized spacial score (nSPS) is 17.6. The number of halogens is 2. The molecule has 1 aliphatic heterocycles. The maximum absolute atomic E-state index is 6.05. The van der Waals surface area contributed by atoms with Gasteiger partial charge in [0, 0.05) is 27.0 Å². The maximum atomic E-state index is 6.05. The molecule has 0 radical (unpaired) electrons. The minimum absolute atomic E-state index is 0.212. The van der Waals surface area contributed by atoms with Crippen molar-refractivity contribution in [1.29, 1.82) is 0 Å². The molecule has 2 heterocycles. The largest absolute Gasteiger partial charge is 0.376 e. The third-order valence-electron chi connectivity index (χ3n) is 4.45. The van der Waals surface area contributed by atoms with E-state index in [1.807, 2.05) is 59.4 Å². The van der Waals surface area contributed by atoms with Crippen LogP contribution < -0.4 is 4.80 Å². The molecule has 1 fully saturated rings. The molecule has 1 saturated heterocycles. The monoisotopic (exact) mass is 475 g/mol. The van der Waals surface area contributed by atoms with E-state index in [4.69, 9.17) is 26.4 Å². The van der Waals surface area contributed by atoms with Crippen molar-refractivity contribution in [2.45, 2.75) is 18.9 Å². The van der Waals surface area contributed by atoms with Gasteiger partial charge in [-0.2, -0.15) is 5.10 Å². The van der Waals surface area contributed by atoms with Gasteiger partial charge in [0.25, 0.3) is 0 Å². The van der Waals surface area contributed by atoms with Gasteiger partial charge in [0.15, 0.2) is 0 Å². The van der Waals surface area contributed by atoms with Gasteiger partial charge in [0.1, 0.15) is 0 Å². The van der Waals surface area contributed by atoms with E-state index in [0.717, 1.165) is 45.5 Å². The van der Waals surface area contributed by atoms with Crippen molar-refractivity contribution in [2.24, 2.45) is 10.1 Å². The Morgan fingerprint density at radius 3 is 2.86 bits per heavy atom. The summed E-state index contributed by atoms with van der Waals surface area (Å²) in [5.74, 6) is 0. The molecule has 28 heavy (non-hydrogen) atoms. The van der Waals surface area contributed by atoms with Crippen LogP contribution in [0, 0.1) is 0 Å². The Bertz CT molecular complexity index is 1040. The zero-order chi connectivity index (χ0) is 19.3. The van der Waals surface area contributed by atoms with Gasteiger partial charge >= 0.3 is 0 Å². The third kappa shape index (κ3) is 4.81. The third-order valence-corrected chi connectivity index (χ3v) is 6.05. The predicted molar refractivity (Wildman–Crippen MR) is 119 cm³/mol. The van der Waals surface area contributed by atoms with Gasteiger partial charge in [0.2, 0.25) is 4.80 Å². The molecule has 1 unspecified atom stereocenters. The maximum Gasteiger partial charge on any atom is 0.206 e. The van der Waals surface area contributed by atoms with Crippen molar-refractivity contribution in [1.82, 2.24) is 4.68 Å². The first-order valence-corrected chi connectivity index (χ1v) is 11.1. The molecular weight excluding hydrogens is 458 g/mol. The molecule has 1 aliphatic rings.